The summed E-state index contributed by atoms with van der Waals surface area (Å²) < 4.78 is 5.27. The quantitative estimate of drug-likeness (QED) is 0.750. The predicted molar refractivity (Wildman–Crippen MR) is 89.2 cm³/mol. The summed E-state index contributed by atoms with van der Waals surface area (Å²) in [7, 11) is 0. The van der Waals surface area contributed by atoms with Gasteiger partial charge in [0.15, 0.2) is 0 Å². The Balaban J connectivity index is 1.73. The maximum Gasteiger partial charge on any atom is 0.315 e. The summed E-state index contributed by atoms with van der Waals surface area (Å²) in [5.41, 5.74) is -0.229. The van der Waals surface area contributed by atoms with Crippen LogP contribution in [0.5, 0.6) is 0 Å². The minimum Gasteiger partial charge on any atom is -0.467 e. The Bertz CT molecular complexity index is 482. The summed E-state index contributed by atoms with van der Waals surface area (Å²) >= 11 is 0. The number of amides is 2. The van der Waals surface area contributed by atoms with Gasteiger partial charge in [-0.3, -0.25) is 4.90 Å². The standard InChI is InChI=1S/C17H29N3O3/c1-17(2,3)19-16(22)18-8-10-20-9-4-6-13(20)12-14(21)15-7-5-11-23-15/h5,7,11,13-14,21H,4,6,8-10,12H2,1-3H3,(H2,18,19,22). The highest BCUT2D eigenvalue weighted by Gasteiger charge is 2.27. The molecule has 2 rings (SSSR count). The van der Waals surface area contributed by atoms with E-state index in [2.05, 4.69) is 15.5 Å². The lowest BCUT2D eigenvalue weighted by Crippen LogP contribution is -2.48. The Kier molecular flexibility index (Phi) is 6.07. The van der Waals surface area contributed by atoms with Crippen LogP contribution in [0.25, 0.3) is 0 Å². The van der Waals surface area contributed by atoms with Crippen LogP contribution in [0.15, 0.2) is 22.8 Å². The Morgan fingerprint density at radius 1 is 1.52 bits per heavy atom. The van der Waals surface area contributed by atoms with E-state index in [0.717, 1.165) is 25.9 Å². The lowest BCUT2D eigenvalue weighted by atomic mass is 10.1. The first-order chi connectivity index (χ1) is 10.8. The summed E-state index contributed by atoms with van der Waals surface area (Å²) in [6.45, 7) is 8.29. The molecule has 6 heteroatoms. The Morgan fingerprint density at radius 3 is 2.96 bits per heavy atom. The topological polar surface area (TPSA) is 77.7 Å². The molecule has 6 nitrogen and oxygen atoms in total. The molecule has 2 amide bonds. The van der Waals surface area contributed by atoms with Gasteiger partial charge in [-0.05, 0) is 58.7 Å². The number of rotatable bonds is 6. The fourth-order valence-electron chi connectivity index (χ4n) is 3.01. The van der Waals surface area contributed by atoms with Gasteiger partial charge in [0, 0.05) is 24.7 Å². The van der Waals surface area contributed by atoms with E-state index in [-0.39, 0.29) is 11.6 Å². The van der Waals surface area contributed by atoms with Crippen molar-refractivity contribution in [3.05, 3.63) is 24.2 Å². The van der Waals surface area contributed by atoms with E-state index in [1.165, 1.54) is 0 Å². The molecule has 2 heterocycles. The Morgan fingerprint density at radius 2 is 2.30 bits per heavy atom. The first-order valence-corrected chi connectivity index (χ1v) is 8.37. The van der Waals surface area contributed by atoms with Crippen LogP contribution in [0.2, 0.25) is 0 Å². The fourth-order valence-corrected chi connectivity index (χ4v) is 3.01. The molecule has 0 aromatic carbocycles. The predicted octanol–water partition coefficient (Wildman–Crippen LogP) is 2.27. The average molecular weight is 323 g/mol. The number of nitrogens with zero attached hydrogens (tertiary/aromatic N) is 1. The number of aliphatic hydroxyl groups is 1. The zero-order valence-corrected chi connectivity index (χ0v) is 14.3. The SMILES string of the molecule is CC(C)(C)NC(=O)NCCN1CCCC1CC(O)c1ccco1. The van der Waals surface area contributed by atoms with Crippen LogP contribution in [-0.4, -0.2) is 47.3 Å². The van der Waals surface area contributed by atoms with Crippen molar-refractivity contribution in [2.24, 2.45) is 0 Å². The largest absolute Gasteiger partial charge is 0.467 e. The zero-order valence-electron chi connectivity index (χ0n) is 14.3. The van der Waals surface area contributed by atoms with Gasteiger partial charge >= 0.3 is 6.03 Å². The summed E-state index contributed by atoms with van der Waals surface area (Å²) in [5, 5.41) is 16.0. The third-order valence-corrected chi connectivity index (χ3v) is 4.04. The van der Waals surface area contributed by atoms with Crippen molar-refractivity contribution in [3.8, 4) is 0 Å². The number of carbonyl (C=O) groups excluding carboxylic acids is 1. The number of likely N-dealkylation sites (tertiary alicyclic amines) is 1. The molecule has 2 unspecified atom stereocenters. The third kappa shape index (κ3) is 5.88. The molecule has 1 aromatic rings. The first-order valence-electron chi connectivity index (χ1n) is 8.37. The van der Waals surface area contributed by atoms with Crippen LogP contribution in [-0.2, 0) is 0 Å². The molecule has 23 heavy (non-hydrogen) atoms. The number of hydrogen-bond donors (Lipinski definition) is 3. The highest BCUT2D eigenvalue weighted by molar-refractivity contribution is 5.74. The second kappa shape index (κ2) is 7.84. The summed E-state index contributed by atoms with van der Waals surface area (Å²) in [6.07, 6.45) is 3.90. The van der Waals surface area contributed by atoms with Crippen molar-refractivity contribution in [3.63, 3.8) is 0 Å². The number of nitrogens with one attached hydrogen (secondary N) is 2. The lowest BCUT2D eigenvalue weighted by molar-refractivity contribution is 0.102. The molecule has 130 valence electrons. The number of hydrogen-bond acceptors (Lipinski definition) is 4. The van der Waals surface area contributed by atoms with E-state index in [0.29, 0.717) is 24.8 Å². The molecular formula is C17H29N3O3. The molecule has 0 saturated carbocycles. The van der Waals surface area contributed by atoms with E-state index in [1.54, 1.807) is 12.3 Å². The van der Waals surface area contributed by atoms with Crippen LogP contribution >= 0.6 is 0 Å². The Hall–Kier alpha value is -1.53. The average Bonchev–Trinajstić information content (AvgIpc) is 3.08. The second-order valence-corrected chi connectivity index (χ2v) is 7.23. The summed E-state index contributed by atoms with van der Waals surface area (Å²) in [4.78, 5) is 14.1. The third-order valence-electron chi connectivity index (χ3n) is 4.04. The fraction of sp³-hybridized carbons (Fsp3) is 0.706. The van der Waals surface area contributed by atoms with Crippen molar-refractivity contribution >= 4 is 6.03 Å². The van der Waals surface area contributed by atoms with Crippen molar-refractivity contribution in [1.82, 2.24) is 15.5 Å². The highest BCUT2D eigenvalue weighted by Crippen LogP contribution is 2.27. The monoisotopic (exact) mass is 323 g/mol. The lowest BCUT2D eigenvalue weighted by Gasteiger charge is -2.26. The summed E-state index contributed by atoms with van der Waals surface area (Å²) in [5.74, 6) is 0.625. The zero-order chi connectivity index (χ0) is 16.9. The van der Waals surface area contributed by atoms with E-state index >= 15 is 0 Å². The number of furan rings is 1. The van der Waals surface area contributed by atoms with Gasteiger partial charge < -0.3 is 20.2 Å². The normalized spacial score (nSPS) is 20.4. The molecule has 3 N–H and O–H groups in total. The minimum absolute atomic E-state index is 0.135. The van der Waals surface area contributed by atoms with Crippen LogP contribution in [0.4, 0.5) is 4.79 Å². The van der Waals surface area contributed by atoms with Gasteiger partial charge in [-0.1, -0.05) is 0 Å². The van der Waals surface area contributed by atoms with Crippen LogP contribution < -0.4 is 10.6 Å². The van der Waals surface area contributed by atoms with Gasteiger partial charge in [0.2, 0.25) is 0 Å². The van der Waals surface area contributed by atoms with Crippen molar-refractivity contribution in [2.45, 2.75) is 57.7 Å². The number of aliphatic hydroxyl groups excluding tert-OH is 1. The smallest absolute Gasteiger partial charge is 0.315 e. The minimum atomic E-state index is -0.562. The molecule has 1 saturated heterocycles. The van der Waals surface area contributed by atoms with Crippen LogP contribution in [0.3, 0.4) is 0 Å². The molecule has 1 aliphatic heterocycles. The highest BCUT2D eigenvalue weighted by atomic mass is 16.4. The molecule has 2 atom stereocenters. The van der Waals surface area contributed by atoms with E-state index in [1.807, 2.05) is 26.8 Å². The van der Waals surface area contributed by atoms with Crippen LogP contribution in [0, 0.1) is 0 Å². The molecule has 1 aliphatic rings. The van der Waals surface area contributed by atoms with Crippen LogP contribution in [0.1, 0.15) is 51.9 Å². The van der Waals surface area contributed by atoms with Gasteiger partial charge in [-0.2, -0.15) is 0 Å². The second-order valence-electron chi connectivity index (χ2n) is 7.23. The first kappa shape index (κ1) is 17.8. The van der Waals surface area contributed by atoms with Crippen molar-refractivity contribution in [2.75, 3.05) is 19.6 Å². The molecule has 1 fully saturated rings. The number of carbonyl (C=O) groups is 1. The van der Waals surface area contributed by atoms with E-state index in [4.69, 9.17) is 4.42 Å². The maximum absolute atomic E-state index is 11.8. The molecule has 0 bridgehead atoms. The molecule has 0 radical (unpaired) electrons. The van der Waals surface area contributed by atoms with Gasteiger partial charge in [-0.15, -0.1) is 0 Å². The van der Waals surface area contributed by atoms with E-state index < -0.39 is 6.10 Å². The molecule has 0 aliphatic carbocycles. The summed E-state index contributed by atoms with van der Waals surface area (Å²) in [6, 6.07) is 3.80. The molecule has 1 aromatic heterocycles. The maximum atomic E-state index is 11.8. The molecule has 0 spiro atoms. The van der Waals surface area contributed by atoms with E-state index in [9.17, 15) is 9.90 Å². The van der Waals surface area contributed by atoms with Crippen molar-refractivity contribution < 1.29 is 14.3 Å². The van der Waals surface area contributed by atoms with Gasteiger partial charge in [0.05, 0.1) is 6.26 Å². The molecular weight excluding hydrogens is 294 g/mol. The number of urea groups is 1. The van der Waals surface area contributed by atoms with Gasteiger partial charge in [0.1, 0.15) is 11.9 Å². The van der Waals surface area contributed by atoms with Crippen molar-refractivity contribution in [1.29, 1.82) is 0 Å². The Labute approximate surface area is 138 Å². The van der Waals surface area contributed by atoms with Gasteiger partial charge in [0.25, 0.3) is 0 Å². The van der Waals surface area contributed by atoms with Gasteiger partial charge in [-0.25, -0.2) is 4.79 Å².